The van der Waals surface area contributed by atoms with Crippen LogP contribution in [0.15, 0.2) is 48.6 Å². The Bertz CT molecular complexity index is 1440. The Kier molecular flexibility index (Phi) is 9.33. The van der Waals surface area contributed by atoms with Gasteiger partial charge in [0.25, 0.3) is 0 Å². The average molecular weight is 589 g/mol. The van der Waals surface area contributed by atoms with Crippen LogP contribution in [0, 0.1) is 6.92 Å². The van der Waals surface area contributed by atoms with Gasteiger partial charge in [0, 0.05) is 81.7 Å². The summed E-state index contributed by atoms with van der Waals surface area (Å²) >= 11 is 0. The summed E-state index contributed by atoms with van der Waals surface area (Å²) in [5, 5.41) is 2.52. The number of aromatic nitrogens is 2. The number of fused-ring (bicyclic) bond motifs is 2. The Labute approximate surface area is 252 Å². The lowest BCUT2D eigenvalue weighted by Gasteiger charge is -2.38. The number of anilines is 2. The molecule has 228 valence electrons. The number of allylic oxidation sites excluding steroid dienone is 1. The number of aryl methyl sites for hydroxylation is 1. The van der Waals surface area contributed by atoms with Crippen LogP contribution in [0.2, 0.25) is 0 Å². The van der Waals surface area contributed by atoms with Crippen molar-refractivity contribution >= 4 is 28.2 Å². The van der Waals surface area contributed by atoms with Crippen molar-refractivity contribution < 1.29 is 18.7 Å². The number of alkyl halides is 1. The second-order valence-corrected chi connectivity index (χ2v) is 11.4. The maximum Gasteiger partial charge on any atom is 0.318 e. The summed E-state index contributed by atoms with van der Waals surface area (Å²) in [4.78, 5) is 31.2. The molecule has 0 saturated carbocycles. The summed E-state index contributed by atoms with van der Waals surface area (Å²) in [5.74, 6) is 0.759. The highest BCUT2D eigenvalue weighted by Gasteiger charge is 2.29. The SMILES string of the molecule is Cc1cccc2cccc(N3CCc4c(nc(OCCN5CCCOCC5)nc4N4CCN(C(=O)/C=C/CF)CC4)C3)c12. The number of carbonyl (C=O) groups excluding carboxylic acids is 1. The van der Waals surface area contributed by atoms with Gasteiger partial charge in [-0.2, -0.15) is 9.97 Å². The lowest BCUT2D eigenvalue weighted by Crippen LogP contribution is -2.49. The number of nitrogens with zero attached hydrogens (tertiary/aromatic N) is 6. The first-order valence-corrected chi connectivity index (χ1v) is 15.4. The normalized spacial score (nSPS) is 18.2. The van der Waals surface area contributed by atoms with Gasteiger partial charge < -0.3 is 24.2 Å². The zero-order chi connectivity index (χ0) is 29.6. The topological polar surface area (TPSA) is 74.3 Å². The lowest BCUT2D eigenvalue weighted by atomic mass is 9.99. The summed E-state index contributed by atoms with van der Waals surface area (Å²) in [6.45, 7) is 10.3. The molecule has 0 spiro atoms. The Hall–Kier alpha value is -3.76. The average Bonchev–Trinajstić information content (AvgIpc) is 3.32. The van der Waals surface area contributed by atoms with Crippen molar-refractivity contribution in [3.8, 4) is 6.01 Å². The molecule has 0 unspecified atom stereocenters. The fourth-order valence-electron chi connectivity index (χ4n) is 6.37. The van der Waals surface area contributed by atoms with Crippen LogP contribution in [-0.4, -0.2) is 105 Å². The molecule has 0 aliphatic carbocycles. The van der Waals surface area contributed by atoms with Gasteiger partial charge in [-0.15, -0.1) is 0 Å². The molecule has 0 atom stereocenters. The highest BCUT2D eigenvalue weighted by Crippen LogP contribution is 2.35. The van der Waals surface area contributed by atoms with Crippen molar-refractivity contribution in [1.29, 1.82) is 0 Å². The van der Waals surface area contributed by atoms with Crippen LogP contribution in [0.5, 0.6) is 6.01 Å². The lowest BCUT2D eigenvalue weighted by molar-refractivity contribution is -0.126. The third kappa shape index (κ3) is 6.75. The fraction of sp³-hybridized carbons (Fsp3) is 0.485. The van der Waals surface area contributed by atoms with Crippen LogP contribution in [0.1, 0.15) is 23.2 Å². The summed E-state index contributed by atoms with van der Waals surface area (Å²) in [5.41, 5.74) is 4.63. The molecular weight excluding hydrogens is 547 g/mol. The number of hydrogen-bond donors (Lipinski definition) is 0. The number of piperazine rings is 1. The molecule has 43 heavy (non-hydrogen) atoms. The van der Waals surface area contributed by atoms with Gasteiger partial charge in [0.15, 0.2) is 0 Å². The monoisotopic (exact) mass is 588 g/mol. The Balaban J connectivity index is 1.24. The fourth-order valence-corrected chi connectivity index (χ4v) is 6.37. The van der Waals surface area contributed by atoms with Crippen molar-refractivity contribution in [3.05, 3.63) is 65.4 Å². The number of rotatable bonds is 8. The number of ether oxygens (including phenoxy) is 2. The second-order valence-electron chi connectivity index (χ2n) is 11.4. The largest absolute Gasteiger partial charge is 0.462 e. The first-order valence-electron chi connectivity index (χ1n) is 15.4. The van der Waals surface area contributed by atoms with Crippen molar-refractivity contribution in [2.24, 2.45) is 0 Å². The molecule has 0 bridgehead atoms. The molecule has 2 fully saturated rings. The first kappa shape index (κ1) is 29.3. The van der Waals surface area contributed by atoms with E-state index < -0.39 is 6.67 Å². The number of hydrogen-bond acceptors (Lipinski definition) is 8. The van der Waals surface area contributed by atoms with E-state index in [1.54, 1.807) is 4.90 Å². The number of benzene rings is 2. The third-order valence-electron chi connectivity index (χ3n) is 8.65. The van der Waals surface area contributed by atoms with Gasteiger partial charge in [-0.25, -0.2) is 4.39 Å². The molecule has 3 aliphatic heterocycles. The third-order valence-corrected chi connectivity index (χ3v) is 8.65. The van der Waals surface area contributed by atoms with Crippen LogP contribution >= 0.6 is 0 Å². The van der Waals surface area contributed by atoms with Crippen molar-refractivity contribution in [1.82, 2.24) is 19.8 Å². The van der Waals surface area contributed by atoms with Crippen molar-refractivity contribution in [3.63, 3.8) is 0 Å². The predicted molar refractivity (Wildman–Crippen MR) is 167 cm³/mol. The molecule has 3 aliphatic rings. The number of amides is 1. The summed E-state index contributed by atoms with van der Waals surface area (Å²) in [6.07, 6.45) is 4.44. The molecule has 0 N–H and O–H groups in total. The smallest absolute Gasteiger partial charge is 0.318 e. The molecule has 6 rings (SSSR count). The van der Waals surface area contributed by atoms with Crippen LogP contribution < -0.4 is 14.5 Å². The van der Waals surface area contributed by atoms with Crippen LogP contribution in [0.4, 0.5) is 15.9 Å². The second kappa shape index (κ2) is 13.7. The molecule has 9 nitrogen and oxygen atoms in total. The summed E-state index contributed by atoms with van der Waals surface area (Å²) in [6, 6.07) is 13.4. The molecule has 4 heterocycles. The zero-order valence-electron chi connectivity index (χ0n) is 25.0. The van der Waals surface area contributed by atoms with Gasteiger partial charge in [0.05, 0.1) is 18.8 Å². The van der Waals surface area contributed by atoms with Crippen molar-refractivity contribution in [2.75, 3.05) is 88.7 Å². The molecule has 2 aromatic carbocycles. The van der Waals surface area contributed by atoms with E-state index in [2.05, 4.69) is 58.0 Å². The van der Waals surface area contributed by atoms with E-state index in [9.17, 15) is 9.18 Å². The summed E-state index contributed by atoms with van der Waals surface area (Å²) in [7, 11) is 0. The molecule has 10 heteroatoms. The van der Waals surface area contributed by atoms with Gasteiger partial charge in [0.1, 0.15) is 19.1 Å². The van der Waals surface area contributed by atoms with E-state index in [1.165, 1.54) is 34.2 Å². The molecule has 3 aromatic rings. The highest BCUT2D eigenvalue weighted by atomic mass is 19.1. The number of halogens is 1. The molecule has 0 radical (unpaired) electrons. The number of carbonyl (C=O) groups is 1. The van der Waals surface area contributed by atoms with E-state index in [-0.39, 0.29) is 5.91 Å². The predicted octanol–water partition coefficient (Wildman–Crippen LogP) is 3.78. The van der Waals surface area contributed by atoms with Gasteiger partial charge in [-0.05, 0) is 42.9 Å². The van der Waals surface area contributed by atoms with Gasteiger partial charge in [0.2, 0.25) is 5.91 Å². The maximum absolute atomic E-state index is 12.5. The minimum absolute atomic E-state index is 0.147. The van der Waals surface area contributed by atoms with E-state index >= 15 is 0 Å². The van der Waals surface area contributed by atoms with Crippen LogP contribution in [0.3, 0.4) is 0 Å². The Morgan fingerprint density at radius 2 is 1.84 bits per heavy atom. The highest BCUT2D eigenvalue weighted by molar-refractivity contribution is 5.97. The van der Waals surface area contributed by atoms with E-state index in [0.29, 0.717) is 45.3 Å². The Morgan fingerprint density at radius 1 is 1.00 bits per heavy atom. The van der Waals surface area contributed by atoms with E-state index in [0.717, 1.165) is 69.3 Å². The van der Waals surface area contributed by atoms with Crippen molar-refractivity contribution in [2.45, 2.75) is 26.3 Å². The molecule has 1 amide bonds. The minimum atomic E-state index is -0.636. The molecular formula is C33H41FN6O3. The van der Waals surface area contributed by atoms with Crippen LogP contribution in [-0.2, 0) is 22.5 Å². The van der Waals surface area contributed by atoms with Gasteiger partial charge >= 0.3 is 6.01 Å². The minimum Gasteiger partial charge on any atom is -0.462 e. The maximum atomic E-state index is 12.5. The molecule has 1 aromatic heterocycles. The zero-order valence-corrected chi connectivity index (χ0v) is 25.0. The van der Waals surface area contributed by atoms with Crippen LogP contribution in [0.25, 0.3) is 10.8 Å². The van der Waals surface area contributed by atoms with Gasteiger partial charge in [-0.3, -0.25) is 9.69 Å². The van der Waals surface area contributed by atoms with Gasteiger partial charge in [-0.1, -0.05) is 30.3 Å². The first-order chi connectivity index (χ1) is 21.1. The Morgan fingerprint density at radius 3 is 2.67 bits per heavy atom. The van der Waals surface area contributed by atoms with E-state index in [4.69, 9.17) is 19.4 Å². The molecule has 2 saturated heterocycles. The standard InChI is InChI=1S/C33H41FN6O3/c1-25-6-2-7-26-8-3-9-29(31(25)26)40-14-11-27-28(24-40)35-33(43-23-20-37-13-5-21-42-22-19-37)36-32(27)39-17-15-38(16-18-39)30(41)10-4-12-34/h2-4,6-10H,5,11-24H2,1H3/b10-4+. The van der Waals surface area contributed by atoms with E-state index in [1.807, 2.05) is 0 Å². The quantitative estimate of drug-likeness (QED) is 0.369. The summed E-state index contributed by atoms with van der Waals surface area (Å²) < 4.78 is 24.4.